The Morgan fingerprint density at radius 2 is 2.20 bits per heavy atom. The van der Waals surface area contributed by atoms with Crippen LogP contribution in [0.5, 0.6) is 0 Å². The second-order valence-corrected chi connectivity index (χ2v) is 1.89. The number of benzene rings is 1. The first kappa shape index (κ1) is 9.87. The van der Waals surface area contributed by atoms with Gasteiger partial charge >= 0.3 is 0 Å². The molecule has 1 rings (SSSR count). The average Bonchev–Trinajstić information content (AvgIpc) is 1.90. The molecular formula is C7H4ClOW-. The zero-order chi connectivity index (χ0) is 6.69. The summed E-state index contributed by atoms with van der Waals surface area (Å²) in [7, 11) is 0. The fourth-order valence-corrected chi connectivity index (χ4v) is 0.633. The molecule has 0 heterocycles. The maximum Gasteiger partial charge on any atom is 0.165 e. The van der Waals surface area contributed by atoms with E-state index in [0.717, 1.165) is 0 Å². The summed E-state index contributed by atoms with van der Waals surface area (Å²) < 4.78 is 0. The Bertz CT molecular complexity index is 210. The van der Waals surface area contributed by atoms with Gasteiger partial charge in [-0.15, -0.1) is 41.9 Å². The third-order valence-electron chi connectivity index (χ3n) is 0.921. The van der Waals surface area contributed by atoms with E-state index in [1.165, 1.54) is 0 Å². The zero-order valence-corrected chi connectivity index (χ0v) is 8.69. The van der Waals surface area contributed by atoms with Gasteiger partial charge in [-0.25, -0.2) is 0 Å². The SMILES string of the molecule is O=C(Cl)c1[c-]cccc1.[W]. The molecule has 1 aromatic carbocycles. The molecule has 0 fully saturated rings. The number of rotatable bonds is 1. The Balaban J connectivity index is 0.000000810. The first-order chi connectivity index (χ1) is 4.30. The summed E-state index contributed by atoms with van der Waals surface area (Å²) in [5, 5.41) is -0.462. The van der Waals surface area contributed by atoms with Gasteiger partial charge in [0.1, 0.15) is 0 Å². The van der Waals surface area contributed by atoms with E-state index in [1.807, 2.05) is 0 Å². The molecule has 1 nitrogen and oxygen atoms in total. The second kappa shape index (κ2) is 4.65. The van der Waals surface area contributed by atoms with E-state index >= 15 is 0 Å². The molecule has 0 saturated heterocycles. The van der Waals surface area contributed by atoms with Gasteiger partial charge < -0.3 is 4.79 Å². The Morgan fingerprint density at radius 1 is 1.50 bits per heavy atom. The molecule has 1 aromatic rings. The molecule has 0 bridgehead atoms. The van der Waals surface area contributed by atoms with Gasteiger partial charge in [0.2, 0.25) is 0 Å². The van der Waals surface area contributed by atoms with Crippen molar-refractivity contribution in [1.29, 1.82) is 0 Å². The van der Waals surface area contributed by atoms with Crippen LogP contribution in [0, 0.1) is 6.07 Å². The molecule has 0 aliphatic heterocycles. The Morgan fingerprint density at radius 3 is 2.50 bits per heavy atom. The van der Waals surface area contributed by atoms with Crippen LogP contribution >= 0.6 is 11.6 Å². The third kappa shape index (κ3) is 2.64. The van der Waals surface area contributed by atoms with Crippen molar-refractivity contribution in [2.24, 2.45) is 0 Å². The standard InChI is InChI=1S/C7H4ClO.W/c8-7(9)6-4-2-1-3-5-6;/h1-4H;/q-1;. The predicted octanol–water partition coefficient (Wildman–Crippen LogP) is 1.86. The monoisotopic (exact) mass is 323 g/mol. The van der Waals surface area contributed by atoms with E-state index in [2.05, 4.69) is 6.07 Å². The first-order valence-corrected chi connectivity index (χ1v) is 2.85. The summed E-state index contributed by atoms with van der Waals surface area (Å²) in [6.07, 6.45) is 0. The van der Waals surface area contributed by atoms with Crippen LogP contribution in [-0.4, -0.2) is 5.24 Å². The average molecular weight is 323 g/mol. The summed E-state index contributed by atoms with van der Waals surface area (Å²) in [6, 6.07) is 9.48. The molecule has 0 aromatic heterocycles. The molecule has 0 aliphatic carbocycles. The summed E-state index contributed by atoms with van der Waals surface area (Å²) in [5.41, 5.74) is 0.416. The van der Waals surface area contributed by atoms with Crippen LogP contribution in [0.1, 0.15) is 10.4 Å². The van der Waals surface area contributed by atoms with Crippen LogP contribution in [0.3, 0.4) is 0 Å². The van der Waals surface area contributed by atoms with Crippen molar-refractivity contribution >= 4 is 16.8 Å². The molecule has 0 aliphatic rings. The van der Waals surface area contributed by atoms with Crippen LogP contribution < -0.4 is 0 Å². The molecule has 10 heavy (non-hydrogen) atoms. The van der Waals surface area contributed by atoms with Gasteiger partial charge in [0.25, 0.3) is 0 Å². The molecule has 0 atom stereocenters. The minimum Gasteiger partial charge on any atom is -0.334 e. The maximum absolute atomic E-state index is 10.4. The van der Waals surface area contributed by atoms with Crippen molar-refractivity contribution in [3.8, 4) is 0 Å². The Kier molecular flexibility index (Phi) is 4.59. The summed E-state index contributed by atoms with van der Waals surface area (Å²) in [5.74, 6) is 0. The summed E-state index contributed by atoms with van der Waals surface area (Å²) in [4.78, 5) is 10.4. The molecule has 0 spiro atoms. The van der Waals surface area contributed by atoms with Crippen molar-refractivity contribution in [3.63, 3.8) is 0 Å². The molecule has 0 radical (unpaired) electrons. The van der Waals surface area contributed by atoms with E-state index in [4.69, 9.17) is 11.6 Å². The van der Waals surface area contributed by atoms with Gasteiger partial charge in [0.05, 0.1) is 0 Å². The number of carbonyl (C=O) groups is 1. The summed E-state index contributed by atoms with van der Waals surface area (Å²) >= 11 is 5.13. The van der Waals surface area contributed by atoms with Crippen LogP contribution in [0.2, 0.25) is 0 Å². The van der Waals surface area contributed by atoms with E-state index in [1.54, 1.807) is 24.3 Å². The molecule has 0 amide bonds. The number of carbonyl (C=O) groups excluding carboxylic acids is 1. The smallest absolute Gasteiger partial charge is 0.165 e. The van der Waals surface area contributed by atoms with Crippen LogP contribution in [0.4, 0.5) is 0 Å². The normalized spacial score (nSPS) is 8.10. The second-order valence-electron chi connectivity index (χ2n) is 1.55. The number of hydrogen-bond acceptors (Lipinski definition) is 1. The quantitative estimate of drug-likeness (QED) is 0.570. The molecular weight excluding hydrogens is 319 g/mol. The van der Waals surface area contributed by atoms with E-state index in [0.29, 0.717) is 5.56 Å². The Labute approximate surface area is 78.6 Å². The van der Waals surface area contributed by atoms with Crippen molar-refractivity contribution in [3.05, 3.63) is 35.9 Å². The van der Waals surface area contributed by atoms with Crippen molar-refractivity contribution in [2.75, 3.05) is 0 Å². The van der Waals surface area contributed by atoms with Gasteiger partial charge in [0.15, 0.2) is 5.24 Å². The van der Waals surface area contributed by atoms with Crippen molar-refractivity contribution in [1.82, 2.24) is 0 Å². The third-order valence-corrected chi connectivity index (χ3v) is 1.12. The molecule has 0 N–H and O–H groups in total. The first-order valence-electron chi connectivity index (χ1n) is 2.47. The topological polar surface area (TPSA) is 17.1 Å². The number of halogens is 1. The van der Waals surface area contributed by atoms with E-state index in [9.17, 15) is 4.79 Å². The Hall–Kier alpha value is -0.132. The van der Waals surface area contributed by atoms with Crippen LogP contribution in [0.25, 0.3) is 0 Å². The minimum absolute atomic E-state index is 0. The molecule has 0 saturated carbocycles. The predicted molar refractivity (Wildman–Crippen MR) is 35.5 cm³/mol. The zero-order valence-electron chi connectivity index (χ0n) is 5.00. The van der Waals surface area contributed by atoms with E-state index in [-0.39, 0.29) is 21.1 Å². The van der Waals surface area contributed by atoms with Gasteiger partial charge in [-0.05, 0) is 0 Å². The number of hydrogen-bond donors (Lipinski definition) is 0. The maximum atomic E-state index is 10.4. The van der Waals surface area contributed by atoms with E-state index < -0.39 is 5.24 Å². The van der Waals surface area contributed by atoms with Crippen molar-refractivity contribution in [2.45, 2.75) is 0 Å². The van der Waals surface area contributed by atoms with Gasteiger partial charge in [0, 0.05) is 21.1 Å². The molecule has 52 valence electrons. The van der Waals surface area contributed by atoms with Gasteiger partial charge in [-0.3, -0.25) is 0 Å². The van der Waals surface area contributed by atoms with Gasteiger partial charge in [-0.2, -0.15) is 0 Å². The largest absolute Gasteiger partial charge is 0.334 e. The molecule has 0 unspecified atom stereocenters. The van der Waals surface area contributed by atoms with Gasteiger partial charge in [-0.1, -0.05) is 5.56 Å². The van der Waals surface area contributed by atoms with Crippen molar-refractivity contribution < 1.29 is 25.9 Å². The molecule has 3 heteroatoms. The fraction of sp³-hybridized carbons (Fsp3) is 0. The van der Waals surface area contributed by atoms with Crippen LogP contribution in [-0.2, 0) is 21.1 Å². The minimum atomic E-state index is -0.462. The fourth-order valence-electron chi connectivity index (χ4n) is 0.516. The van der Waals surface area contributed by atoms with Crippen LogP contribution in [0.15, 0.2) is 24.3 Å². The summed E-state index contributed by atoms with van der Waals surface area (Å²) in [6.45, 7) is 0.